The van der Waals surface area contributed by atoms with E-state index in [4.69, 9.17) is 19.0 Å². The van der Waals surface area contributed by atoms with Gasteiger partial charge in [-0.2, -0.15) is 0 Å². The van der Waals surface area contributed by atoms with E-state index in [1.54, 1.807) is 6.08 Å². The van der Waals surface area contributed by atoms with Crippen LogP contribution in [0.3, 0.4) is 0 Å². The molecule has 4 rings (SSSR count). The number of rotatable bonds is 8. The second-order valence-electron chi connectivity index (χ2n) is 8.95. The molecule has 2 unspecified atom stereocenters. The number of piperidine rings is 1. The molecule has 8 nitrogen and oxygen atoms in total. The van der Waals surface area contributed by atoms with Crippen LogP contribution in [0.1, 0.15) is 31.7 Å². The molecular weight excluding hydrogens is 412 g/mol. The number of nitrogens with zero attached hydrogens (tertiary/aromatic N) is 2. The quantitative estimate of drug-likeness (QED) is 0.450. The fraction of sp³-hybridized carbons (Fsp3) is 0.583. The van der Waals surface area contributed by atoms with Gasteiger partial charge >= 0.3 is 5.97 Å². The van der Waals surface area contributed by atoms with Crippen molar-refractivity contribution in [1.29, 1.82) is 0 Å². The average molecular weight is 445 g/mol. The molecule has 3 aliphatic heterocycles. The zero-order chi connectivity index (χ0) is 22.7. The third kappa shape index (κ3) is 4.34. The molecule has 0 aliphatic carbocycles. The zero-order valence-corrected chi connectivity index (χ0v) is 18.9. The maximum Gasteiger partial charge on any atom is 0.311 e. The third-order valence-electron chi connectivity index (χ3n) is 6.78. The van der Waals surface area contributed by atoms with Gasteiger partial charge in [0.2, 0.25) is 12.7 Å². The van der Waals surface area contributed by atoms with Crippen molar-refractivity contribution in [2.24, 2.45) is 11.8 Å². The predicted octanol–water partition coefficient (Wildman–Crippen LogP) is 2.57. The molecule has 2 saturated heterocycles. The summed E-state index contributed by atoms with van der Waals surface area (Å²) in [5, 5.41) is 1.45. The Bertz CT molecular complexity index is 864. The molecule has 0 radical (unpaired) electrons. The lowest BCUT2D eigenvalue weighted by Crippen LogP contribution is -2.57. The summed E-state index contributed by atoms with van der Waals surface area (Å²) in [7, 11) is 1.38. The average Bonchev–Trinajstić information content (AvgIpc) is 3.35. The number of hydrogen-bond donors (Lipinski definition) is 0. The molecule has 0 saturated carbocycles. The molecule has 1 aromatic carbocycles. The van der Waals surface area contributed by atoms with Gasteiger partial charge in [-0.15, -0.1) is 6.58 Å². The topological polar surface area (TPSA) is 77.5 Å². The Morgan fingerprint density at radius 2 is 2.06 bits per heavy atom. The normalized spacial score (nSPS) is 22.9. The molecule has 1 spiro atoms. The standard InChI is InChI=1S/C24H32N2O6/c1-4-11-32-26-22(27)14-19(23(28)29-3)24(26)7-9-25(10-8-24)15-17(2)12-18-5-6-20-21(13-18)31-16-30-20/h4-6,13,17,19H,1,7-12,14-16H2,2-3H3. The van der Waals surface area contributed by atoms with Crippen LogP contribution in [0.2, 0.25) is 0 Å². The van der Waals surface area contributed by atoms with E-state index in [2.05, 4.69) is 30.5 Å². The lowest BCUT2D eigenvalue weighted by Gasteiger charge is -2.46. The largest absolute Gasteiger partial charge is 0.469 e. The van der Waals surface area contributed by atoms with Crippen LogP contribution >= 0.6 is 0 Å². The van der Waals surface area contributed by atoms with Crippen LogP contribution in [0.15, 0.2) is 30.9 Å². The first kappa shape index (κ1) is 22.6. The smallest absolute Gasteiger partial charge is 0.311 e. The van der Waals surface area contributed by atoms with Crippen molar-refractivity contribution in [3.8, 4) is 11.5 Å². The summed E-state index contributed by atoms with van der Waals surface area (Å²) in [5.41, 5.74) is 0.580. The number of hydrogen-bond acceptors (Lipinski definition) is 7. The summed E-state index contributed by atoms with van der Waals surface area (Å²) in [4.78, 5) is 33.3. The van der Waals surface area contributed by atoms with E-state index in [0.717, 1.165) is 37.6 Å². The van der Waals surface area contributed by atoms with E-state index < -0.39 is 11.5 Å². The van der Waals surface area contributed by atoms with Crippen molar-refractivity contribution in [3.63, 3.8) is 0 Å². The minimum absolute atomic E-state index is 0.129. The van der Waals surface area contributed by atoms with E-state index in [1.807, 2.05) is 6.07 Å². The van der Waals surface area contributed by atoms with Crippen LogP contribution < -0.4 is 9.47 Å². The molecule has 2 atom stereocenters. The summed E-state index contributed by atoms with van der Waals surface area (Å²) in [6.45, 7) is 8.95. The third-order valence-corrected chi connectivity index (χ3v) is 6.78. The summed E-state index contributed by atoms with van der Waals surface area (Å²) in [6, 6.07) is 6.12. The number of carbonyl (C=O) groups excluding carboxylic acids is 2. The number of amides is 1. The number of ether oxygens (including phenoxy) is 3. The molecule has 32 heavy (non-hydrogen) atoms. The molecule has 2 fully saturated rings. The Labute approximate surface area is 189 Å². The molecule has 1 amide bonds. The lowest BCUT2D eigenvalue weighted by molar-refractivity contribution is -0.218. The summed E-state index contributed by atoms with van der Waals surface area (Å²) in [5.74, 6) is 1.06. The van der Waals surface area contributed by atoms with Crippen LogP contribution in [-0.4, -0.2) is 67.5 Å². The van der Waals surface area contributed by atoms with Gasteiger partial charge in [0, 0.05) is 26.1 Å². The predicted molar refractivity (Wildman–Crippen MR) is 117 cm³/mol. The van der Waals surface area contributed by atoms with Gasteiger partial charge in [-0.1, -0.05) is 19.1 Å². The van der Waals surface area contributed by atoms with E-state index in [-0.39, 0.29) is 31.7 Å². The number of methoxy groups -OCH3 is 1. The van der Waals surface area contributed by atoms with Crippen LogP contribution in [-0.2, 0) is 25.6 Å². The maximum atomic E-state index is 12.7. The number of fused-ring (bicyclic) bond motifs is 1. The van der Waals surface area contributed by atoms with Gasteiger partial charge in [0.1, 0.15) is 0 Å². The second kappa shape index (κ2) is 9.50. The van der Waals surface area contributed by atoms with Crippen molar-refractivity contribution in [2.45, 2.75) is 38.1 Å². The highest BCUT2D eigenvalue weighted by Gasteiger charge is 2.58. The van der Waals surface area contributed by atoms with Crippen molar-refractivity contribution in [2.75, 3.05) is 40.1 Å². The molecule has 174 valence electrons. The molecule has 3 heterocycles. The first-order chi connectivity index (χ1) is 15.5. The molecule has 0 N–H and O–H groups in total. The maximum absolute atomic E-state index is 12.7. The van der Waals surface area contributed by atoms with Crippen LogP contribution in [0, 0.1) is 11.8 Å². The number of hydroxylamine groups is 2. The summed E-state index contributed by atoms with van der Waals surface area (Å²) >= 11 is 0. The molecular formula is C24H32N2O6. The fourth-order valence-corrected chi connectivity index (χ4v) is 5.26. The van der Waals surface area contributed by atoms with Crippen molar-refractivity contribution >= 4 is 11.9 Å². The number of benzene rings is 1. The Morgan fingerprint density at radius 1 is 1.31 bits per heavy atom. The van der Waals surface area contributed by atoms with Crippen molar-refractivity contribution in [1.82, 2.24) is 9.96 Å². The molecule has 3 aliphatic rings. The van der Waals surface area contributed by atoms with Gasteiger partial charge in [-0.05, 0) is 42.9 Å². The second-order valence-corrected chi connectivity index (χ2v) is 8.95. The Balaban J connectivity index is 1.38. The summed E-state index contributed by atoms with van der Waals surface area (Å²) in [6.07, 6.45) is 4.03. The zero-order valence-electron chi connectivity index (χ0n) is 18.9. The Hall–Kier alpha value is -2.58. The van der Waals surface area contributed by atoms with Gasteiger partial charge in [-0.3, -0.25) is 14.4 Å². The van der Waals surface area contributed by atoms with Crippen LogP contribution in [0.5, 0.6) is 11.5 Å². The van der Waals surface area contributed by atoms with Gasteiger partial charge in [0.15, 0.2) is 11.5 Å². The highest BCUT2D eigenvalue weighted by Crippen LogP contribution is 2.44. The highest BCUT2D eigenvalue weighted by molar-refractivity contribution is 5.88. The van der Waals surface area contributed by atoms with Crippen molar-refractivity contribution in [3.05, 3.63) is 36.4 Å². The Kier molecular flexibility index (Phi) is 6.71. The number of likely N-dealkylation sites (tertiary alicyclic amines) is 1. The highest BCUT2D eigenvalue weighted by atomic mass is 16.7. The fourth-order valence-electron chi connectivity index (χ4n) is 5.26. The monoisotopic (exact) mass is 444 g/mol. The van der Waals surface area contributed by atoms with Crippen LogP contribution in [0.4, 0.5) is 0 Å². The number of carbonyl (C=O) groups is 2. The van der Waals surface area contributed by atoms with E-state index in [1.165, 1.54) is 17.7 Å². The molecule has 1 aromatic rings. The first-order valence-electron chi connectivity index (χ1n) is 11.2. The van der Waals surface area contributed by atoms with Gasteiger partial charge < -0.3 is 19.1 Å². The van der Waals surface area contributed by atoms with E-state index in [0.29, 0.717) is 18.8 Å². The van der Waals surface area contributed by atoms with E-state index >= 15 is 0 Å². The van der Waals surface area contributed by atoms with Crippen LogP contribution in [0.25, 0.3) is 0 Å². The SMILES string of the molecule is C=CCON1C(=O)CC(C(=O)OC)C12CCN(CC(C)Cc1ccc3c(c1)OCO3)CC2. The van der Waals surface area contributed by atoms with Crippen molar-refractivity contribution < 1.29 is 28.6 Å². The summed E-state index contributed by atoms with van der Waals surface area (Å²) < 4.78 is 15.9. The van der Waals surface area contributed by atoms with Gasteiger partial charge in [0.05, 0.1) is 25.2 Å². The minimum atomic E-state index is -0.649. The molecule has 8 heteroatoms. The van der Waals surface area contributed by atoms with Gasteiger partial charge in [-0.25, -0.2) is 5.06 Å². The Morgan fingerprint density at radius 3 is 2.78 bits per heavy atom. The molecule has 0 aromatic heterocycles. The first-order valence-corrected chi connectivity index (χ1v) is 11.2. The van der Waals surface area contributed by atoms with E-state index in [9.17, 15) is 9.59 Å². The lowest BCUT2D eigenvalue weighted by atomic mass is 9.77. The van der Waals surface area contributed by atoms with Gasteiger partial charge in [0.25, 0.3) is 0 Å². The molecule has 0 bridgehead atoms. The minimum Gasteiger partial charge on any atom is -0.469 e. The number of esters is 1.